The predicted molar refractivity (Wildman–Crippen MR) is 125 cm³/mol. The summed E-state index contributed by atoms with van der Waals surface area (Å²) in [5.41, 5.74) is 0.751. The van der Waals surface area contributed by atoms with Crippen LogP contribution in [0.1, 0.15) is 57.5 Å². The van der Waals surface area contributed by atoms with Gasteiger partial charge in [0.05, 0.1) is 24.4 Å². The van der Waals surface area contributed by atoms with E-state index in [4.69, 9.17) is 14.0 Å². The lowest BCUT2D eigenvalue weighted by atomic mass is 9.61. The summed E-state index contributed by atoms with van der Waals surface area (Å²) in [5.74, 6) is 0.0251. The fourth-order valence-electron chi connectivity index (χ4n) is 3.60. The van der Waals surface area contributed by atoms with Gasteiger partial charge in [0.1, 0.15) is 0 Å². The van der Waals surface area contributed by atoms with E-state index < -0.39 is 23.7 Å². The highest BCUT2D eigenvalue weighted by Gasteiger charge is 2.55. The van der Waals surface area contributed by atoms with Gasteiger partial charge in [-0.05, 0) is 52.6 Å². The van der Waals surface area contributed by atoms with Gasteiger partial charge in [0.2, 0.25) is 0 Å². The lowest BCUT2D eigenvalue weighted by Crippen LogP contribution is -2.41. The average molecular weight is 420 g/mol. The quantitative estimate of drug-likeness (QED) is 0.314. The van der Waals surface area contributed by atoms with Crippen LogP contribution in [0.3, 0.4) is 0 Å². The number of hydrogen-bond donors (Lipinski definition) is 0. The van der Waals surface area contributed by atoms with Crippen LogP contribution in [0.4, 0.5) is 0 Å². The third-order valence-corrected chi connectivity index (χ3v) is 6.37. The number of carbonyl (C=O) groups is 1. The van der Waals surface area contributed by atoms with Crippen molar-refractivity contribution in [3.05, 3.63) is 83.3 Å². The van der Waals surface area contributed by atoms with E-state index in [9.17, 15) is 4.79 Å². The van der Waals surface area contributed by atoms with Crippen molar-refractivity contribution >= 4 is 12.9 Å². The van der Waals surface area contributed by atoms with Gasteiger partial charge >= 0.3 is 7.12 Å². The van der Waals surface area contributed by atoms with Crippen molar-refractivity contribution in [3.63, 3.8) is 0 Å². The maximum atomic E-state index is 13.4. The van der Waals surface area contributed by atoms with Gasteiger partial charge in [-0.1, -0.05) is 66.7 Å². The van der Waals surface area contributed by atoms with Crippen LogP contribution in [-0.4, -0.2) is 30.7 Å². The van der Waals surface area contributed by atoms with Crippen LogP contribution in [0.25, 0.3) is 0 Å². The highest BCUT2D eigenvalue weighted by Crippen LogP contribution is 2.43. The number of hydrogen-bond acceptors (Lipinski definition) is 4. The molecule has 0 spiro atoms. The van der Waals surface area contributed by atoms with Crippen LogP contribution in [0.2, 0.25) is 0 Å². The highest BCUT2D eigenvalue weighted by molar-refractivity contribution is 6.56. The summed E-state index contributed by atoms with van der Waals surface area (Å²) in [4.78, 5) is 13.4. The van der Waals surface area contributed by atoms with Gasteiger partial charge in [-0.15, -0.1) is 0 Å². The van der Waals surface area contributed by atoms with Crippen molar-refractivity contribution in [1.82, 2.24) is 0 Å². The standard InChI is InChI=1S/C26H33BO4/c1-24(2,23(28)21-15-11-8-12-16-21)22(27-30-25(3,4)26(5,6)31-27)17-18-29-19-20-13-9-7-10-14-20/h7-17H,18-19H2,1-6H3/b22-17-. The second kappa shape index (κ2) is 9.11. The molecule has 31 heavy (non-hydrogen) atoms. The van der Waals surface area contributed by atoms with E-state index in [1.54, 1.807) is 0 Å². The summed E-state index contributed by atoms with van der Waals surface area (Å²) in [5, 5.41) is 0. The van der Waals surface area contributed by atoms with E-state index in [0.717, 1.165) is 11.0 Å². The number of Topliss-reactive ketones (excluding diaryl/α,β-unsaturated/α-hetero) is 1. The molecule has 1 heterocycles. The largest absolute Gasteiger partial charge is 0.491 e. The number of ketones is 1. The van der Waals surface area contributed by atoms with Crippen LogP contribution in [-0.2, 0) is 20.7 Å². The molecule has 5 heteroatoms. The fourth-order valence-corrected chi connectivity index (χ4v) is 3.60. The Kier molecular flexibility index (Phi) is 6.90. The first kappa shape index (κ1) is 23.5. The number of rotatable bonds is 8. The van der Waals surface area contributed by atoms with Crippen molar-refractivity contribution in [2.75, 3.05) is 6.61 Å². The summed E-state index contributed by atoms with van der Waals surface area (Å²) in [6, 6.07) is 19.4. The minimum absolute atomic E-state index is 0.0251. The molecule has 4 nitrogen and oxygen atoms in total. The van der Waals surface area contributed by atoms with Gasteiger partial charge in [-0.2, -0.15) is 0 Å². The molecule has 0 unspecified atom stereocenters. The molecule has 1 saturated heterocycles. The topological polar surface area (TPSA) is 44.8 Å². The van der Waals surface area contributed by atoms with Crippen LogP contribution in [0.15, 0.2) is 72.2 Å². The predicted octanol–water partition coefficient (Wildman–Crippen LogP) is 5.67. The molecular formula is C26H33BO4. The van der Waals surface area contributed by atoms with Gasteiger partial charge in [0.15, 0.2) is 5.78 Å². The van der Waals surface area contributed by atoms with Crippen molar-refractivity contribution in [1.29, 1.82) is 0 Å². The fraction of sp³-hybridized carbons (Fsp3) is 0.423. The van der Waals surface area contributed by atoms with Gasteiger partial charge in [-0.25, -0.2) is 0 Å². The van der Waals surface area contributed by atoms with Crippen LogP contribution in [0.5, 0.6) is 0 Å². The Morgan fingerprint density at radius 2 is 1.45 bits per heavy atom. The number of allylic oxidation sites excluding steroid dienone is 1. The van der Waals surface area contributed by atoms with Crippen molar-refractivity contribution in [2.24, 2.45) is 5.41 Å². The van der Waals surface area contributed by atoms with E-state index in [-0.39, 0.29) is 5.78 Å². The third kappa shape index (κ3) is 5.17. The van der Waals surface area contributed by atoms with Crippen molar-refractivity contribution < 1.29 is 18.8 Å². The molecule has 2 aromatic rings. The first-order valence-corrected chi connectivity index (χ1v) is 10.8. The molecular weight excluding hydrogens is 387 g/mol. The van der Waals surface area contributed by atoms with E-state index in [2.05, 4.69) is 0 Å². The molecule has 0 aliphatic carbocycles. The summed E-state index contributed by atoms with van der Waals surface area (Å²) in [6.07, 6.45) is 1.95. The van der Waals surface area contributed by atoms with Crippen molar-refractivity contribution in [2.45, 2.75) is 59.4 Å². The molecule has 0 radical (unpaired) electrons. The first-order valence-electron chi connectivity index (χ1n) is 10.8. The maximum absolute atomic E-state index is 13.4. The second-order valence-corrected chi connectivity index (χ2v) is 9.57. The number of benzene rings is 2. The summed E-state index contributed by atoms with van der Waals surface area (Å²) >= 11 is 0. The summed E-state index contributed by atoms with van der Waals surface area (Å²) in [7, 11) is -0.618. The van der Waals surface area contributed by atoms with Crippen molar-refractivity contribution in [3.8, 4) is 0 Å². The Hall–Kier alpha value is -2.21. The Morgan fingerprint density at radius 3 is 2.00 bits per heavy atom. The molecule has 0 saturated carbocycles. The first-order chi connectivity index (χ1) is 14.5. The molecule has 1 aliphatic rings. The molecule has 3 rings (SSSR count). The Bertz CT molecular complexity index is 901. The zero-order valence-electron chi connectivity index (χ0n) is 19.5. The normalized spacial score (nSPS) is 18.3. The molecule has 0 bridgehead atoms. The zero-order chi connectivity index (χ0) is 22.7. The van der Waals surface area contributed by atoms with Crippen LogP contribution in [0, 0.1) is 5.41 Å². The molecule has 164 valence electrons. The Balaban J connectivity index is 1.86. The lowest BCUT2D eigenvalue weighted by Gasteiger charge is -2.32. The molecule has 0 N–H and O–H groups in total. The van der Waals surface area contributed by atoms with E-state index in [1.807, 2.05) is 108 Å². The minimum Gasteiger partial charge on any atom is -0.400 e. The molecule has 0 atom stereocenters. The molecule has 0 aromatic heterocycles. The summed E-state index contributed by atoms with van der Waals surface area (Å²) in [6.45, 7) is 12.8. The summed E-state index contributed by atoms with van der Waals surface area (Å²) < 4.78 is 18.5. The SMILES string of the molecule is CC(C)(C(=O)c1ccccc1)/C(=C/COCc1ccccc1)B1OC(C)(C)C(C)(C)O1. The van der Waals surface area contributed by atoms with Gasteiger partial charge in [0, 0.05) is 11.0 Å². The van der Waals surface area contributed by atoms with Crippen LogP contribution < -0.4 is 0 Å². The maximum Gasteiger partial charge on any atom is 0.491 e. The second-order valence-electron chi connectivity index (χ2n) is 9.57. The Labute approximate surface area is 186 Å². The zero-order valence-corrected chi connectivity index (χ0v) is 19.5. The van der Waals surface area contributed by atoms with E-state index in [0.29, 0.717) is 18.8 Å². The number of carbonyl (C=O) groups excluding carboxylic acids is 1. The highest BCUT2D eigenvalue weighted by atomic mass is 16.7. The van der Waals surface area contributed by atoms with E-state index >= 15 is 0 Å². The lowest BCUT2D eigenvalue weighted by molar-refractivity contribution is 0.00578. The van der Waals surface area contributed by atoms with Gasteiger partial charge < -0.3 is 14.0 Å². The molecule has 2 aromatic carbocycles. The minimum atomic E-state index is -0.821. The average Bonchev–Trinajstić information content (AvgIpc) is 2.95. The third-order valence-electron chi connectivity index (χ3n) is 6.37. The van der Waals surface area contributed by atoms with Gasteiger partial charge in [0.25, 0.3) is 0 Å². The molecule has 0 amide bonds. The molecule has 1 fully saturated rings. The Morgan fingerprint density at radius 1 is 0.935 bits per heavy atom. The smallest absolute Gasteiger partial charge is 0.400 e. The molecule has 1 aliphatic heterocycles. The van der Waals surface area contributed by atoms with Crippen LogP contribution >= 0.6 is 0 Å². The number of ether oxygens (including phenoxy) is 1. The van der Waals surface area contributed by atoms with E-state index in [1.165, 1.54) is 0 Å². The monoisotopic (exact) mass is 420 g/mol. The van der Waals surface area contributed by atoms with Gasteiger partial charge in [-0.3, -0.25) is 4.79 Å².